The summed E-state index contributed by atoms with van der Waals surface area (Å²) in [5.41, 5.74) is 8.25. The zero-order valence-corrected chi connectivity index (χ0v) is 11.1. The van der Waals surface area contributed by atoms with Gasteiger partial charge in [0.15, 0.2) is 0 Å². The molecule has 0 bridgehead atoms. The van der Waals surface area contributed by atoms with Crippen LogP contribution in [0.4, 0.5) is 5.69 Å². The van der Waals surface area contributed by atoms with E-state index in [4.69, 9.17) is 28.9 Å². The fourth-order valence-corrected chi connectivity index (χ4v) is 2.17. The Kier molecular flexibility index (Phi) is 2.77. The molecule has 4 nitrogen and oxygen atoms in total. The largest absolute Gasteiger partial charge is 0.506 e. The molecule has 0 saturated carbocycles. The average molecular weight is 294 g/mol. The molecule has 0 saturated heterocycles. The van der Waals surface area contributed by atoms with E-state index < -0.39 is 0 Å². The van der Waals surface area contributed by atoms with Crippen molar-refractivity contribution in [3.8, 4) is 17.1 Å². The molecule has 3 rings (SSSR count). The average Bonchev–Trinajstić information content (AvgIpc) is 2.76. The van der Waals surface area contributed by atoms with Crippen molar-refractivity contribution in [2.75, 3.05) is 5.73 Å². The van der Waals surface area contributed by atoms with E-state index in [0.29, 0.717) is 21.6 Å². The summed E-state index contributed by atoms with van der Waals surface area (Å²) in [5.74, 6) is 0.686. The van der Waals surface area contributed by atoms with Gasteiger partial charge in [0.1, 0.15) is 11.6 Å². The van der Waals surface area contributed by atoms with Gasteiger partial charge >= 0.3 is 0 Å². The lowest BCUT2D eigenvalue weighted by Crippen LogP contribution is -1.87. The molecular weight excluding hydrogens is 285 g/mol. The van der Waals surface area contributed by atoms with Gasteiger partial charge in [-0.15, -0.1) is 0 Å². The lowest BCUT2D eigenvalue weighted by molar-refractivity contribution is 0.478. The van der Waals surface area contributed by atoms with E-state index in [2.05, 4.69) is 9.97 Å². The van der Waals surface area contributed by atoms with Crippen molar-refractivity contribution >= 4 is 39.9 Å². The minimum atomic E-state index is 0.0472. The van der Waals surface area contributed by atoms with Gasteiger partial charge in [-0.2, -0.15) is 0 Å². The molecule has 0 unspecified atom stereocenters. The zero-order chi connectivity index (χ0) is 13.6. The number of nitrogen functional groups attached to an aromatic ring is 1. The molecule has 6 heteroatoms. The number of aromatic hydroxyl groups is 1. The first kappa shape index (κ1) is 12.1. The summed E-state index contributed by atoms with van der Waals surface area (Å²) in [7, 11) is 0. The number of nitrogens with zero attached hydrogens (tertiary/aromatic N) is 1. The van der Waals surface area contributed by atoms with E-state index in [9.17, 15) is 5.11 Å². The Hall–Kier alpha value is -1.91. The zero-order valence-electron chi connectivity index (χ0n) is 9.61. The van der Waals surface area contributed by atoms with E-state index in [0.717, 1.165) is 16.6 Å². The summed E-state index contributed by atoms with van der Waals surface area (Å²) >= 11 is 11.9. The summed E-state index contributed by atoms with van der Waals surface area (Å²) in [6.45, 7) is 0. The van der Waals surface area contributed by atoms with E-state index >= 15 is 0 Å². The van der Waals surface area contributed by atoms with Crippen molar-refractivity contribution in [2.45, 2.75) is 0 Å². The van der Waals surface area contributed by atoms with Crippen LogP contribution in [0.25, 0.3) is 22.4 Å². The minimum absolute atomic E-state index is 0.0472. The summed E-state index contributed by atoms with van der Waals surface area (Å²) < 4.78 is 0. The number of H-pyrrole nitrogens is 1. The molecular formula is C13H9Cl2N3O. The smallest absolute Gasteiger partial charge is 0.138 e. The number of fused-ring (bicyclic) bond motifs is 1. The summed E-state index contributed by atoms with van der Waals surface area (Å²) in [6.07, 6.45) is 0. The van der Waals surface area contributed by atoms with Gasteiger partial charge in [-0.3, -0.25) is 0 Å². The fraction of sp³-hybridized carbons (Fsp3) is 0. The number of benzene rings is 2. The molecule has 3 aromatic rings. The van der Waals surface area contributed by atoms with Crippen LogP contribution in [0.5, 0.6) is 5.75 Å². The Morgan fingerprint density at radius 2 is 1.84 bits per heavy atom. The standard InChI is InChI=1S/C13H9Cl2N3O/c14-7-4-10-11(5-8(7)15)18-13(17-10)6-1-2-12(19)9(16)3-6/h1-5,19H,16H2,(H,17,18). The Bertz CT molecular complexity index is 744. The molecule has 1 aromatic heterocycles. The highest BCUT2D eigenvalue weighted by molar-refractivity contribution is 6.42. The van der Waals surface area contributed by atoms with Crippen LogP contribution in [0.1, 0.15) is 0 Å². The van der Waals surface area contributed by atoms with Gasteiger partial charge < -0.3 is 15.8 Å². The second-order valence-electron chi connectivity index (χ2n) is 4.14. The van der Waals surface area contributed by atoms with E-state index in [1.165, 1.54) is 6.07 Å². The number of halogens is 2. The highest BCUT2D eigenvalue weighted by Crippen LogP contribution is 2.30. The maximum Gasteiger partial charge on any atom is 0.138 e. The lowest BCUT2D eigenvalue weighted by Gasteiger charge is -2.00. The molecule has 0 fully saturated rings. The number of nitrogens with two attached hydrogens (primary N) is 1. The Balaban J connectivity index is 2.17. The lowest BCUT2D eigenvalue weighted by atomic mass is 10.2. The number of aromatic nitrogens is 2. The van der Waals surface area contributed by atoms with Crippen LogP contribution in [-0.2, 0) is 0 Å². The van der Waals surface area contributed by atoms with Crippen molar-refractivity contribution < 1.29 is 5.11 Å². The number of aromatic amines is 1. The van der Waals surface area contributed by atoms with Crippen molar-refractivity contribution in [1.29, 1.82) is 0 Å². The Labute approximate surface area is 118 Å². The number of anilines is 1. The van der Waals surface area contributed by atoms with Gasteiger partial charge in [-0.1, -0.05) is 23.2 Å². The molecule has 0 radical (unpaired) electrons. The highest BCUT2D eigenvalue weighted by Gasteiger charge is 2.09. The number of phenolic OH excluding ortho intramolecular Hbond substituents is 1. The summed E-state index contributed by atoms with van der Waals surface area (Å²) in [6, 6.07) is 8.32. The van der Waals surface area contributed by atoms with Gasteiger partial charge in [0, 0.05) is 5.56 Å². The second-order valence-corrected chi connectivity index (χ2v) is 4.96. The fourth-order valence-electron chi connectivity index (χ4n) is 1.84. The van der Waals surface area contributed by atoms with Crippen molar-refractivity contribution in [2.24, 2.45) is 0 Å². The molecule has 0 aliphatic heterocycles. The van der Waals surface area contributed by atoms with E-state index in [1.54, 1.807) is 24.3 Å². The van der Waals surface area contributed by atoms with Crippen LogP contribution in [-0.4, -0.2) is 15.1 Å². The number of imidazole rings is 1. The third-order valence-electron chi connectivity index (χ3n) is 2.82. The Morgan fingerprint density at radius 3 is 2.58 bits per heavy atom. The predicted molar refractivity (Wildman–Crippen MR) is 77.6 cm³/mol. The van der Waals surface area contributed by atoms with Crippen LogP contribution in [0.3, 0.4) is 0 Å². The monoisotopic (exact) mass is 293 g/mol. The number of rotatable bonds is 1. The first-order chi connectivity index (χ1) is 9.04. The van der Waals surface area contributed by atoms with Gasteiger partial charge in [0.2, 0.25) is 0 Å². The number of phenols is 1. The van der Waals surface area contributed by atoms with Crippen LogP contribution in [0.15, 0.2) is 30.3 Å². The van der Waals surface area contributed by atoms with Crippen molar-refractivity contribution in [3.63, 3.8) is 0 Å². The number of hydrogen-bond acceptors (Lipinski definition) is 3. The maximum absolute atomic E-state index is 9.41. The number of hydrogen-bond donors (Lipinski definition) is 3. The molecule has 2 aromatic carbocycles. The first-order valence-electron chi connectivity index (χ1n) is 5.48. The van der Waals surface area contributed by atoms with Crippen LogP contribution >= 0.6 is 23.2 Å². The molecule has 1 heterocycles. The molecule has 96 valence electrons. The van der Waals surface area contributed by atoms with Crippen LogP contribution in [0.2, 0.25) is 10.0 Å². The highest BCUT2D eigenvalue weighted by atomic mass is 35.5. The van der Waals surface area contributed by atoms with Crippen LogP contribution in [0, 0.1) is 0 Å². The van der Waals surface area contributed by atoms with Gasteiger partial charge in [-0.05, 0) is 30.3 Å². The van der Waals surface area contributed by atoms with Crippen molar-refractivity contribution in [1.82, 2.24) is 9.97 Å². The van der Waals surface area contributed by atoms with E-state index in [-0.39, 0.29) is 5.75 Å². The third-order valence-corrected chi connectivity index (χ3v) is 3.55. The molecule has 19 heavy (non-hydrogen) atoms. The molecule has 0 aliphatic rings. The SMILES string of the molecule is Nc1cc(-c2nc3cc(Cl)c(Cl)cc3[nH]2)ccc1O. The molecule has 0 amide bonds. The van der Waals surface area contributed by atoms with Crippen LogP contribution < -0.4 is 5.73 Å². The Morgan fingerprint density at radius 1 is 1.11 bits per heavy atom. The molecule has 0 atom stereocenters. The molecule has 4 N–H and O–H groups in total. The first-order valence-corrected chi connectivity index (χ1v) is 6.24. The maximum atomic E-state index is 9.41. The van der Waals surface area contributed by atoms with Crippen molar-refractivity contribution in [3.05, 3.63) is 40.4 Å². The topological polar surface area (TPSA) is 74.9 Å². The van der Waals surface area contributed by atoms with Gasteiger partial charge in [-0.25, -0.2) is 4.98 Å². The van der Waals surface area contributed by atoms with Gasteiger partial charge in [0.05, 0.1) is 26.8 Å². The number of nitrogens with one attached hydrogen (secondary N) is 1. The van der Waals surface area contributed by atoms with Gasteiger partial charge in [0.25, 0.3) is 0 Å². The predicted octanol–water partition coefficient (Wildman–Crippen LogP) is 3.82. The summed E-state index contributed by atoms with van der Waals surface area (Å²) in [4.78, 5) is 7.56. The van der Waals surface area contributed by atoms with E-state index in [1.807, 2.05) is 0 Å². The normalized spacial score (nSPS) is 11.1. The third kappa shape index (κ3) is 2.09. The quantitative estimate of drug-likeness (QED) is 0.471. The second kappa shape index (κ2) is 4.33. The minimum Gasteiger partial charge on any atom is -0.506 e. The molecule has 0 aliphatic carbocycles. The molecule has 0 spiro atoms. The summed E-state index contributed by atoms with van der Waals surface area (Å²) in [5, 5.41) is 10.3.